The number of aromatic nitrogens is 2. The summed E-state index contributed by atoms with van der Waals surface area (Å²) in [5.41, 5.74) is 6.70. The van der Waals surface area contributed by atoms with Crippen molar-refractivity contribution in [1.29, 1.82) is 0 Å². The third-order valence-corrected chi connectivity index (χ3v) is 5.58. The molecule has 2 aromatic heterocycles. The maximum atomic E-state index is 10.2. The van der Waals surface area contributed by atoms with Crippen molar-refractivity contribution in [3.05, 3.63) is 83.4 Å². The standard InChI is InChI=1S/C22H17N2.C5H8O2.Ir/c1-13-10-18-20-19(24-13)8-9-23-21(20)16-11-14-6-4-5-7-15(14)12-17(16)22(18,2)3;1-4(6)3-5(2)7;/h4-10,12H,1-3H3;3,6H,1-2H3;/q-1;;/b;4-3-;/i;3D;. The molecule has 0 saturated carbocycles. The fraction of sp³-hybridized carbons (Fsp3) is 0.222. The molecule has 165 valence electrons. The molecule has 4 aromatic rings. The average Bonchev–Trinajstić information content (AvgIpc) is 2.76. The van der Waals surface area contributed by atoms with Gasteiger partial charge < -0.3 is 5.11 Å². The Morgan fingerprint density at radius 2 is 1.88 bits per heavy atom. The summed E-state index contributed by atoms with van der Waals surface area (Å²) in [6, 6.07) is 18.3. The molecule has 0 amide bonds. The van der Waals surface area contributed by atoms with E-state index in [-0.39, 0.29) is 37.3 Å². The molecule has 5 heteroatoms. The number of ketones is 1. The number of hydrogen-bond donors (Lipinski definition) is 1. The van der Waals surface area contributed by atoms with Crippen LogP contribution in [0.3, 0.4) is 0 Å². The third kappa shape index (κ3) is 4.23. The molecule has 32 heavy (non-hydrogen) atoms. The zero-order valence-electron chi connectivity index (χ0n) is 19.7. The van der Waals surface area contributed by atoms with E-state index in [0.29, 0.717) is 0 Å². The number of carbonyl (C=O) groups is 1. The fourth-order valence-electron chi connectivity index (χ4n) is 4.24. The van der Waals surface area contributed by atoms with Crippen molar-refractivity contribution in [1.82, 2.24) is 9.97 Å². The number of hydrogen-bond acceptors (Lipinski definition) is 4. The summed E-state index contributed by atoms with van der Waals surface area (Å²) in [4.78, 5) is 19.6. The van der Waals surface area contributed by atoms with Crippen LogP contribution in [0.5, 0.6) is 0 Å². The second kappa shape index (κ2) is 8.93. The maximum Gasteiger partial charge on any atom is 0.155 e. The largest absolute Gasteiger partial charge is 0.512 e. The maximum absolute atomic E-state index is 10.2. The Morgan fingerprint density at radius 1 is 1.16 bits per heavy atom. The van der Waals surface area contributed by atoms with Gasteiger partial charge in [-0.15, -0.1) is 23.6 Å². The number of benzene rings is 2. The Labute approximate surface area is 203 Å². The van der Waals surface area contributed by atoms with Crippen LogP contribution in [0.25, 0.3) is 32.9 Å². The molecule has 1 aliphatic rings. The molecule has 2 aromatic carbocycles. The predicted octanol–water partition coefficient (Wildman–Crippen LogP) is 6.23. The molecule has 0 fully saturated rings. The number of aliphatic hydroxyl groups is 1. The van der Waals surface area contributed by atoms with Gasteiger partial charge in [0.1, 0.15) is 0 Å². The molecule has 0 aliphatic heterocycles. The number of rotatable bonds is 1. The minimum absolute atomic E-state index is 0. The summed E-state index contributed by atoms with van der Waals surface area (Å²) in [5, 5.41) is 12.0. The zero-order chi connectivity index (χ0) is 23.2. The molecular formula is C27H25IrN2O2-. The second-order valence-corrected chi connectivity index (χ2v) is 8.40. The molecule has 4 nitrogen and oxygen atoms in total. The van der Waals surface area contributed by atoms with Crippen LogP contribution in [-0.2, 0) is 30.3 Å². The molecule has 1 radical (unpaired) electrons. The first-order valence-electron chi connectivity index (χ1n) is 10.7. The zero-order valence-corrected chi connectivity index (χ0v) is 21.1. The number of nitrogens with zero attached hydrogens (tertiary/aromatic N) is 2. The molecule has 0 unspecified atom stereocenters. The van der Waals surface area contributed by atoms with Crippen molar-refractivity contribution in [3.63, 3.8) is 0 Å². The Hall–Kier alpha value is -2.88. The van der Waals surface area contributed by atoms with Gasteiger partial charge in [-0.1, -0.05) is 48.6 Å². The molecule has 0 bridgehead atoms. The van der Waals surface area contributed by atoms with Gasteiger partial charge in [0.05, 0.1) is 12.6 Å². The predicted molar refractivity (Wildman–Crippen MR) is 125 cm³/mol. The normalized spacial score (nSPS) is 14.3. The van der Waals surface area contributed by atoms with E-state index in [2.05, 4.69) is 63.2 Å². The quantitative estimate of drug-likeness (QED) is 0.159. The molecule has 0 spiro atoms. The average molecular weight is 603 g/mol. The van der Waals surface area contributed by atoms with E-state index < -0.39 is 5.78 Å². The molecule has 0 saturated heterocycles. The monoisotopic (exact) mass is 603 g/mol. The minimum Gasteiger partial charge on any atom is -0.512 e. The minimum atomic E-state index is -0.412. The summed E-state index contributed by atoms with van der Waals surface area (Å²) >= 11 is 0. The number of aryl methyl sites for hydroxylation is 1. The van der Waals surface area contributed by atoms with Gasteiger partial charge in [0, 0.05) is 43.7 Å². The Morgan fingerprint density at radius 3 is 2.53 bits per heavy atom. The van der Waals surface area contributed by atoms with E-state index in [0.717, 1.165) is 27.9 Å². The van der Waals surface area contributed by atoms with Crippen molar-refractivity contribution < 1.29 is 31.4 Å². The number of carbonyl (C=O) groups excluding carboxylic acids is 1. The van der Waals surface area contributed by atoms with Crippen molar-refractivity contribution in [2.45, 2.75) is 40.0 Å². The molecule has 1 N–H and O–H groups in total. The van der Waals surface area contributed by atoms with Gasteiger partial charge in [-0.05, 0) is 49.3 Å². The van der Waals surface area contributed by atoms with Crippen LogP contribution in [0.1, 0.15) is 45.9 Å². The van der Waals surface area contributed by atoms with E-state index in [9.17, 15) is 4.79 Å². The van der Waals surface area contributed by atoms with Crippen molar-refractivity contribution in [2.24, 2.45) is 0 Å². The van der Waals surface area contributed by atoms with Gasteiger partial charge >= 0.3 is 0 Å². The number of fused-ring (bicyclic) bond motifs is 3. The van der Waals surface area contributed by atoms with E-state index in [4.69, 9.17) is 16.4 Å². The molecular weight excluding hydrogens is 577 g/mol. The fourth-order valence-corrected chi connectivity index (χ4v) is 4.24. The van der Waals surface area contributed by atoms with Gasteiger partial charge in [-0.3, -0.25) is 14.8 Å². The number of pyridine rings is 2. The van der Waals surface area contributed by atoms with Crippen LogP contribution in [0.15, 0.2) is 60.5 Å². The topological polar surface area (TPSA) is 63.1 Å². The van der Waals surface area contributed by atoms with Gasteiger partial charge in [0.25, 0.3) is 0 Å². The first-order valence-corrected chi connectivity index (χ1v) is 10.2. The SMILES string of the molecule is Cc1cc2c3c(nccc3n1)-c1[c-]c3ccccc3cc1C2(C)C.[2H]/C(C(C)=O)=C(\C)O.[Ir]. The Balaban J connectivity index is 0.000000297. The van der Waals surface area contributed by atoms with Crippen molar-refractivity contribution >= 4 is 27.5 Å². The second-order valence-electron chi connectivity index (χ2n) is 8.40. The number of allylic oxidation sites excluding steroid dienone is 2. The Kier molecular flexibility index (Phi) is 6.23. The van der Waals surface area contributed by atoms with Crippen molar-refractivity contribution in [2.75, 3.05) is 0 Å². The van der Waals surface area contributed by atoms with Crippen LogP contribution in [0, 0.1) is 13.0 Å². The summed E-state index contributed by atoms with van der Waals surface area (Å²) in [7, 11) is 0. The molecule has 5 rings (SSSR count). The van der Waals surface area contributed by atoms with E-state index in [1.807, 2.05) is 12.3 Å². The van der Waals surface area contributed by atoms with E-state index in [1.54, 1.807) is 0 Å². The summed E-state index contributed by atoms with van der Waals surface area (Å²) < 4.78 is 6.76. The van der Waals surface area contributed by atoms with Gasteiger partial charge in [-0.25, -0.2) is 0 Å². The van der Waals surface area contributed by atoms with Gasteiger partial charge in [-0.2, -0.15) is 0 Å². The smallest absolute Gasteiger partial charge is 0.155 e. The molecule has 1 aliphatic carbocycles. The van der Waals surface area contributed by atoms with Crippen molar-refractivity contribution in [3.8, 4) is 11.3 Å². The number of aliphatic hydroxyl groups excluding tert-OH is 1. The first kappa shape index (κ1) is 22.3. The Bertz CT molecular complexity index is 1420. The van der Waals surface area contributed by atoms with E-state index in [1.165, 1.54) is 35.7 Å². The summed E-state index contributed by atoms with van der Waals surface area (Å²) in [6.45, 7) is 9.19. The van der Waals surface area contributed by atoms with Crippen LogP contribution >= 0.6 is 0 Å². The van der Waals surface area contributed by atoms with Gasteiger partial charge in [0.15, 0.2) is 5.78 Å². The van der Waals surface area contributed by atoms with Crippen LogP contribution < -0.4 is 0 Å². The van der Waals surface area contributed by atoms with E-state index >= 15 is 0 Å². The summed E-state index contributed by atoms with van der Waals surface area (Å²) in [5.74, 6) is -0.637. The van der Waals surface area contributed by atoms with Gasteiger partial charge in [0.2, 0.25) is 0 Å². The molecule has 2 heterocycles. The third-order valence-electron chi connectivity index (χ3n) is 5.58. The summed E-state index contributed by atoms with van der Waals surface area (Å²) in [6.07, 6.45) is 1.86. The first-order chi connectivity index (χ1) is 15.1. The van der Waals surface area contributed by atoms with Crippen LogP contribution in [0.2, 0.25) is 0 Å². The van der Waals surface area contributed by atoms with Crippen LogP contribution in [-0.4, -0.2) is 20.9 Å². The van der Waals surface area contributed by atoms with Crippen LogP contribution in [0.4, 0.5) is 0 Å². The molecule has 0 atom stereocenters.